The first-order valence-corrected chi connectivity index (χ1v) is 7.67. The molecule has 0 radical (unpaired) electrons. The molecule has 0 saturated heterocycles. The van der Waals surface area contributed by atoms with E-state index in [9.17, 15) is 4.79 Å². The molecule has 1 aromatic carbocycles. The van der Waals surface area contributed by atoms with Crippen LogP contribution in [0, 0.1) is 0 Å². The van der Waals surface area contributed by atoms with Gasteiger partial charge in [-0.2, -0.15) is 0 Å². The Morgan fingerprint density at radius 2 is 2.19 bits per heavy atom. The van der Waals surface area contributed by atoms with Gasteiger partial charge in [0, 0.05) is 5.38 Å². The minimum atomic E-state index is -0.117. The second kappa shape index (κ2) is 7.08. The summed E-state index contributed by atoms with van der Waals surface area (Å²) in [5.74, 6) is 0.840. The molecule has 0 aliphatic rings. The minimum Gasteiger partial charge on any atom is -0.491 e. The van der Waals surface area contributed by atoms with Crippen molar-refractivity contribution in [1.82, 2.24) is 4.98 Å². The average molecular weight is 305 g/mol. The second-order valence-corrected chi connectivity index (χ2v) is 5.77. The highest BCUT2D eigenvalue weighted by Gasteiger charge is 2.09. The van der Waals surface area contributed by atoms with Gasteiger partial charge in [-0.1, -0.05) is 26.0 Å². The minimum absolute atomic E-state index is 0.117. The van der Waals surface area contributed by atoms with Crippen molar-refractivity contribution in [3.63, 3.8) is 0 Å². The molecule has 6 heteroatoms. The molecule has 2 rings (SSSR count). The molecule has 0 saturated carbocycles. The van der Waals surface area contributed by atoms with E-state index in [1.807, 2.05) is 17.5 Å². The van der Waals surface area contributed by atoms with Crippen LogP contribution in [0.2, 0.25) is 0 Å². The van der Waals surface area contributed by atoms with Crippen molar-refractivity contribution in [3.05, 3.63) is 35.3 Å². The first-order valence-electron chi connectivity index (χ1n) is 6.79. The molecule has 0 spiro atoms. The van der Waals surface area contributed by atoms with Crippen molar-refractivity contribution in [3.8, 4) is 5.75 Å². The third-order valence-electron chi connectivity index (χ3n) is 2.87. The van der Waals surface area contributed by atoms with Gasteiger partial charge < -0.3 is 15.8 Å². The van der Waals surface area contributed by atoms with E-state index in [1.54, 1.807) is 12.1 Å². The summed E-state index contributed by atoms with van der Waals surface area (Å²) in [6, 6.07) is 7.22. The Balaban J connectivity index is 1.78. The van der Waals surface area contributed by atoms with Crippen LogP contribution >= 0.6 is 11.3 Å². The molecule has 0 bridgehead atoms. The van der Waals surface area contributed by atoms with Crippen LogP contribution in [-0.2, 0) is 4.79 Å². The third kappa shape index (κ3) is 4.46. The van der Waals surface area contributed by atoms with Gasteiger partial charge in [-0.25, -0.2) is 4.98 Å². The van der Waals surface area contributed by atoms with Crippen molar-refractivity contribution in [2.24, 2.45) is 0 Å². The number of anilines is 2. The Morgan fingerprint density at radius 1 is 1.43 bits per heavy atom. The molecule has 1 heterocycles. The molecule has 1 amide bonds. The molecule has 5 nitrogen and oxygen atoms in total. The normalized spacial score (nSPS) is 10.6. The molecule has 3 N–H and O–H groups in total. The summed E-state index contributed by atoms with van der Waals surface area (Å²) in [5, 5.41) is 5.36. The molecule has 0 aliphatic heterocycles. The highest BCUT2D eigenvalue weighted by atomic mass is 32.1. The number of hydrogen-bond acceptors (Lipinski definition) is 5. The summed E-state index contributed by atoms with van der Waals surface area (Å²) in [4.78, 5) is 16.2. The predicted molar refractivity (Wildman–Crippen MR) is 85.8 cm³/mol. The summed E-state index contributed by atoms with van der Waals surface area (Å²) < 4.78 is 5.49. The van der Waals surface area contributed by atoms with Crippen LogP contribution in [0.25, 0.3) is 0 Å². The molecule has 0 fully saturated rings. The number of hydrogen-bond donors (Lipinski definition) is 2. The maximum absolute atomic E-state index is 11.8. The maximum atomic E-state index is 11.8. The number of nitrogen functional groups attached to an aromatic ring is 1. The van der Waals surface area contributed by atoms with Crippen LogP contribution < -0.4 is 15.8 Å². The molecular formula is C15H19N3O2S. The van der Waals surface area contributed by atoms with Crippen LogP contribution in [0.4, 0.5) is 10.8 Å². The molecule has 1 aromatic heterocycles. The Morgan fingerprint density at radius 3 is 2.86 bits per heavy atom. The summed E-state index contributed by atoms with van der Waals surface area (Å²) >= 11 is 1.43. The van der Waals surface area contributed by atoms with Crippen LogP contribution in [-0.4, -0.2) is 17.5 Å². The average Bonchev–Trinajstić information content (AvgIpc) is 2.89. The number of carbonyl (C=O) groups is 1. The van der Waals surface area contributed by atoms with Crippen molar-refractivity contribution < 1.29 is 9.53 Å². The SMILES string of the molecule is CC(C)c1csc(NC(=O)CCOc2ccccc2N)n1. The highest BCUT2D eigenvalue weighted by Crippen LogP contribution is 2.22. The molecule has 0 atom stereocenters. The Labute approximate surface area is 128 Å². The summed E-state index contributed by atoms with van der Waals surface area (Å²) in [6.07, 6.45) is 0.255. The lowest BCUT2D eigenvalue weighted by Crippen LogP contribution is -2.15. The standard InChI is InChI=1S/C15H19N3O2S/c1-10(2)12-9-21-15(17-12)18-14(19)7-8-20-13-6-4-3-5-11(13)16/h3-6,9-10H,7-8,16H2,1-2H3,(H,17,18,19). The number of benzene rings is 1. The van der Waals surface area contributed by atoms with Gasteiger partial charge in [0.2, 0.25) is 5.91 Å². The molecule has 2 aromatic rings. The van der Waals surface area contributed by atoms with Gasteiger partial charge in [0.05, 0.1) is 24.4 Å². The van der Waals surface area contributed by atoms with Crippen LogP contribution in [0.1, 0.15) is 31.9 Å². The van der Waals surface area contributed by atoms with Crippen molar-refractivity contribution >= 4 is 28.1 Å². The number of nitrogens with two attached hydrogens (primary N) is 1. The molecule has 0 aliphatic carbocycles. The topological polar surface area (TPSA) is 77.2 Å². The smallest absolute Gasteiger partial charge is 0.229 e. The fourth-order valence-electron chi connectivity index (χ4n) is 1.66. The van der Waals surface area contributed by atoms with Gasteiger partial charge in [-0.05, 0) is 18.1 Å². The second-order valence-electron chi connectivity index (χ2n) is 4.92. The van der Waals surface area contributed by atoms with Gasteiger partial charge in [0.1, 0.15) is 5.75 Å². The third-order valence-corrected chi connectivity index (χ3v) is 3.64. The fourth-order valence-corrected chi connectivity index (χ4v) is 2.54. The van der Waals surface area contributed by atoms with Gasteiger partial charge in [0.15, 0.2) is 5.13 Å². The van der Waals surface area contributed by atoms with Crippen LogP contribution in [0.15, 0.2) is 29.6 Å². The van der Waals surface area contributed by atoms with Gasteiger partial charge >= 0.3 is 0 Å². The zero-order valence-corrected chi connectivity index (χ0v) is 12.9. The number of carbonyl (C=O) groups excluding carboxylic acids is 1. The number of nitrogens with one attached hydrogen (secondary N) is 1. The van der Waals surface area contributed by atoms with E-state index >= 15 is 0 Å². The monoisotopic (exact) mass is 305 g/mol. The van der Waals surface area contributed by atoms with Gasteiger partial charge in [-0.3, -0.25) is 4.79 Å². The molecule has 112 valence electrons. The van der Waals surface area contributed by atoms with E-state index in [4.69, 9.17) is 10.5 Å². The van der Waals surface area contributed by atoms with E-state index in [0.717, 1.165) is 5.69 Å². The van der Waals surface area contributed by atoms with Crippen molar-refractivity contribution in [1.29, 1.82) is 0 Å². The first-order chi connectivity index (χ1) is 10.1. The van der Waals surface area contributed by atoms with Crippen molar-refractivity contribution in [2.75, 3.05) is 17.7 Å². The van der Waals surface area contributed by atoms with E-state index in [2.05, 4.69) is 24.1 Å². The number of aromatic nitrogens is 1. The Bertz CT molecular complexity index is 610. The Hall–Kier alpha value is -2.08. The molecule has 0 unspecified atom stereocenters. The quantitative estimate of drug-likeness (QED) is 0.803. The number of rotatable bonds is 6. The first kappa shape index (κ1) is 15.3. The maximum Gasteiger partial charge on any atom is 0.229 e. The molecular weight excluding hydrogens is 286 g/mol. The number of thiazole rings is 1. The van der Waals surface area contributed by atoms with Crippen LogP contribution in [0.5, 0.6) is 5.75 Å². The lowest BCUT2D eigenvalue weighted by atomic mass is 10.2. The number of ether oxygens (including phenoxy) is 1. The Kier molecular flexibility index (Phi) is 5.16. The van der Waals surface area contributed by atoms with Crippen molar-refractivity contribution in [2.45, 2.75) is 26.2 Å². The summed E-state index contributed by atoms with van der Waals surface area (Å²) in [5.41, 5.74) is 7.32. The number of para-hydroxylation sites is 2. The summed E-state index contributed by atoms with van der Waals surface area (Å²) in [6.45, 7) is 4.42. The van der Waals surface area contributed by atoms with Crippen LogP contribution in [0.3, 0.4) is 0 Å². The zero-order chi connectivity index (χ0) is 15.2. The zero-order valence-electron chi connectivity index (χ0n) is 12.1. The van der Waals surface area contributed by atoms with E-state index < -0.39 is 0 Å². The lowest BCUT2D eigenvalue weighted by molar-refractivity contribution is -0.116. The molecule has 21 heavy (non-hydrogen) atoms. The van der Waals surface area contributed by atoms with E-state index in [0.29, 0.717) is 22.5 Å². The predicted octanol–water partition coefficient (Wildman–Crippen LogP) is 3.26. The number of amides is 1. The lowest BCUT2D eigenvalue weighted by Gasteiger charge is -2.08. The van der Waals surface area contributed by atoms with E-state index in [-0.39, 0.29) is 18.9 Å². The fraction of sp³-hybridized carbons (Fsp3) is 0.333. The van der Waals surface area contributed by atoms with Gasteiger partial charge in [0.25, 0.3) is 0 Å². The largest absolute Gasteiger partial charge is 0.491 e. The van der Waals surface area contributed by atoms with E-state index in [1.165, 1.54) is 11.3 Å². The highest BCUT2D eigenvalue weighted by molar-refractivity contribution is 7.13. The van der Waals surface area contributed by atoms with Gasteiger partial charge in [-0.15, -0.1) is 11.3 Å². The summed E-state index contributed by atoms with van der Waals surface area (Å²) in [7, 11) is 0. The number of nitrogens with zero attached hydrogens (tertiary/aromatic N) is 1.